The minimum absolute atomic E-state index is 0.0959. The van der Waals surface area contributed by atoms with E-state index in [4.69, 9.17) is 9.56 Å². The summed E-state index contributed by atoms with van der Waals surface area (Å²) in [6, 6.07) is 8.33. The zero-order chi connectivity index (χ0) is 19.9. The number of nitrogens with one attached hydrogen (secondary N) is 1. The lowest BCUT2D eigenvalue weighted by Crippen LogP contribution is -2.13. The molecule has 2 heterocycles. The van der Waals surface area contributed by atoms with Gasteiger partial charge in [-0.15, -0.1) is 11.3 Å². The zero-order valence-electron chi connectivity index (χ0n) is 14.5. The lowest BCUT2D eigenvalue weighted by atomic mass is 9.85. The molecule has 8 nitrogen and oxygen atoms in total. The molecule has 0 spiro atoms. The fourth-order valence-electron chi connectivity index (χ4n) is 2.76. The Hall–Kier alpha value is -2.21. The first kappa shape index (κ1) is 19.1. The monoisotopic (exact) mass is 439 g/mol. The van der Waals surface area contributed by atoms with Crippen molar-refractivity contribution >= 4 is 37.1 Å². The van der Waals surface area contributed by atoms with E-state index in [1.165, 1.54) is 36.8 Å². The van der Waals surface area contributed by atoms with E-state index in [0.29, 0.717) is 22.4 Å². The third kappa shape index (κ3) is 3.83. The predicted molar refractivity (Wildman–Crippen MR) is 105 cm³/mol. The van der Waals surface area contributed by atoms with Gasteiger partial charge in [-0.05, 0) is 49.2 Å². The Balaban J connectivity index is 1.53. The molecule has 2 aromatic heterocycles. The van der Waals surface area contributed by atoms with Gasteiger partial charge in [-0.25, -0.2) is 27.0 Å². The average Bonchev–Trinajstić information content (AvgIpc) is 3.22. The normalized spacial score (nSPS) is 15.3. The van der Waals surface area contributed by atoms with Gasteiger partial charge in [-0.1, -0.05) is 6.42 Å². The number of nitrogens with two attached hydrogens (primary N) is 1. The summed E-state index contributed by atoms with van der Waals surface area (Å²) in [6.07, 6.45) is 4.93. The van der Waals surface area contributed by atoms with E-state index < -0.39 is 20.0 Å². The molecule has 1 fully saturated rings. The SMILES string of the molecule is NS(=O)(=O)c1ccc(NS(=O)(=O)c2ccc(-c3cnc(C4CCC4)o3)s2)cc1. The summed E-state index contributed by atoms with van der Waals surface area (Å²) < 4.78 is 56.1. The first-order chi connectivity index (χ1) is 13.2. The van der Waals surface area contributed by atoms with Crippen molar-refractivity contribution in [2.24, 2.45) is 5.14 Å². The molecule has 3 aromatic rings. The fourth-order valence-corrected chi connectivity index (χ4v) is 5.59. The summed E-state index contributed by atoms with van der Waals surface area (Å²) in [5.74, 6) is 1.61. The highest BCUT2D eigenvalue weighted by Gasteiger charge is 2.25. The second-order valence-corrected chi connectivity index (χ2v) is 11.0. The topological polar surface area (TPSA) is 132 Å². The lowest BCUT2D eigenvalue weighted by Gasteiger charge is -2.21. The molecule has 1 saturated carbocycles. The molecule has 4 rings (SSSR count). The molecule has 11 heteroatoms. The highest BCUT2D eigenvalue weighted by molar-refractivity contribution is 7.94. The van der Waals surface area contributed by atoms with Gasteiger partial charge in [0.25, 0.3) is 10.0 Å². The molecule has 28 heavy (non-hydrogen) atoms. The first-order valence-electron chi connectivity index (χ1n) is 8.44. The van der Waals surface area contributed by atoms with Crippen LogP contribution in [0.4, 0.5) is 5.69 Å². The van der Waals surface area contributed by atoms with Crippen molar-refractivity contribution in [1.82, 2.24) is 4.98 Å². The van der Waals surface area contributed by atoms with Crippen LogP contribution in [-0.2, 0) is 20.0 Å². The molecule has 0 unspecified atom stereocenters. The molecule has 3 N–H and O–H groups in total. The molecule has 1 aromatic carbocycles. The Kier molecular flexibility index (Phi) is 4.78. The van der Waals surface area contributed by atoms with Crippen LogP contribution in [0.15, 0.2) is 56.1 Å². The van der Waals surface area contributed by atoms with Crippen LogP contribution in [0.25, 0.3) is 10.6 Å². The zero-order valence-corrected chi connectivity index (χ0v) is 17.0. The number of anilines is 1. The number of aromatic nitrogens is 1. The molecule has 1 aliphatic carbocycles. The summed E-state index contributed by atoms with van der Waals surface area (Å²) in [5, 5.41) is 5.04. The van der Waals surface area contributed by atoms with Crippen LogP contribution in [0.2, 0.25) is 0 Å². The standard InChI is InChI=1S/C17H17N3O5S3/c18-27(21,22)13-6-4-12(5-7-13)20-28(23,24)16-9-8-15(26-16)14-10-19-17(25-14)11-2-1-3-11/h4-11,20H,1-3H2,(H2,18,21,22). The summed E-state index contributed by atoms with van der Waals surface area (Å²) in [5.41, 5.74) is 0.231. The van der Waals surface area contributed by atoms with Gasteiger partial charge in [0.2, 0.25) is 10.0 Å². The molecule has 0 radical (unpaired) electrons. The maximum Gasteiger partial charge on any atom is 0.271 e. The van der Waals surface area contributed by atoms with Crippen LogP contribution in [0.1, 0.15) is 31.1 Å². The highest BCUT2D eigenvalue weighted by Crippen LogP contribution is 2.38. The van der Waals surface area contributed by atoms with Crippen molar-refractivity contribution in [3.05, 3.63) is 48.5 Å². The lowest BCUT2D eigenvalue weighted by molar-refractivity contribution is 0.338. The minimum Gasteiger partial charge on any atom is -0.440 e. The van der Waals surface area contributed by atoms with Crippen molar-refractivity contribution in [3.8, 4) is 10.6 Å². The Morgan fingerprint density at radius 1 is 1.07 bits per heavy atom. The van der Waals surface area contributed by atoms with Gasteiger partial charge < -0.3 is 4.42 Å². The van der Waals surface area contributed by atoms with Crippen molar-refractivity contribution in [1.29, 1.82) is 0 Å². The van der Waals surface area contributed by atoms with Crippen LogP contribution < -0.4 is 9.86 Å². The van der Waals surface area contributed by atoms with Crippen LogP contribution >= 0.6 is 11.3 Å². The van der Waals surface area contributed by atoms with E-state index in [1.54, 1.807) is 12.3 Å². The van der Waals surface area contributed by atoms with Crippen molar-refractivity contribution < 1.29 is 21.3 Å². The summed E-state index contributed by atoms with van der Waals surface area (Å²) in [7, 11) is -7.66. The maximum atomic E-state index is 12.6. The highest BCUT2D eigenvalue weighted by atomic mass is 32.2. The maximum absolute atomic E-state index is 12.6. The predicted octanol–water partition coefficient (Wildman–Crippen LogP) is 3.12. The molecule has 0 amide bonds. The molecular formula is C17H17N3O5S3. The third-order valence-electron chi connectivity index (χ3n) is 4.50. The van der Waals surface area contributed by atoms with Gasteiger partial charge in [0, 0.05) is 11.6 Å². The molecule has 0 bridgehead atoms. The second kappa shape index (κ2) is 6.99. The van der Waals surface area contributed by atoms with Gasteiger partial charge in [0.05, 0.1) is 16.0 Å². The molecule has 1 aliphatic rings. The van der Waals surface area contributed by atoms with Crippen LogP contribution in [0.3, 0.4) is 0 Å². The van der Waals surface area contributed by atoms with Crippen LogP contribution in [0, 0.1) is 0 Å². The van der Waals surface area contributed by atoms with Crippen molar-refractivity contribution in [2.75, 3.05) is 4.72 Å². The number of thiophene rings is 1. The van der Waals surface area contributed by atoms with Gasteiger partial charge in [-0.3, -0.25) is 4.72 Å². The van der Waals surface area contributed by atoms with E-state index in [-0.39, 0.29) is 14.8 Å². The average molecular weight is 440 g/mol. The smallest absolute Gasteiger partial charge is 0.271 e. The van der Waals surface area contributed by atoms with E-state index >= 15 is 0 Å². The molecular weight excluding hydrogens is 422 g/mol. The van der Waals surface area contributed by atoms with Gasteiger partial charge in [0.15, 0.2) is 11.7 Å². The van der Waals surface area contributed by atoms with Gasteiger partial charge >= 0.3 is 0 Å². The van der Waals surface area contributed by atoms with E-state index in [0.717, 1.165) is 24.2 Å². The Labute approximate surface area is 166 Å². The number of sulfonamides is 2. The number of benzene rings is 1. The van der Waals surface area contributed by atoms with Gasteiger partial charge in [0.1, 0.15) is 4.21 Å². The van der Waals surface area contributed by atoms with Crippen LogP contribution in [0.5, 0.6) is 0 Å². The summed E-state index contributed by atoms with van der Waals surface area (Å²) in [6.45, 7) is 0. The number of oxazole rings is 1. The van der Waals surface area contributed by atoms with E-state index in [9.17, 15) is 16.8 Å². The number of primary sulfonamides is 1. The minimum atomic E-state index is -3.84. The fraction of sp³-hybridized carbons (Fsp3) is 0.235. The number of hydrogen-bond acceptors (Lipinski definition) is 7. The van der Waals surface area contributed by atoms with Gasteiger partial charge in [-0.2, -0.15) is 0 Å². The number of hydrogen-bond donors (Lipinski definition) is 2. The molecule has 0 aliphatic heterocycles. The van der Waals surface area contributed by atoms with E-state index in [2.05, 4.69) is 9.71 Å². The number of rotatable bonds is 6. The largest absolute Gasteiger partial charge is 0.440 e. The first-order valence-corrected chi connectivity index (χ1v) is 12.3. The van der Waals surface area contributed by atoms with Crippen LogP contribution in [-0.4, -0.2) is 21.8 Å². The quantitative estimate of drug-likeness (QED) is 0.606. The Morgan fingerprint density at radius 2 is 1.79 bits per heavy atom. The Morgan fingerprint density at radius 3 is 2.39 bits per heavy atom. The molecule has 0 saturated heterocycles. The van der Waals surface area contributed by atoms with Crippen molar-refractivity contribution in [2.45, 2.75) is 34.3 Å². The summed E-state index contributed by atoms with van der Waals surface area (Å²) >= 11 is 1.07. The summed E-state index contributed by atoms with van der Waals surface area (Å²) in [4.78, 5) is 4.87. The van der Waals surface area contributed by atoms with Crippen molar-refractivity contribution in [3.63, 3.8) is 0 Å². The molecule has 0 atom stereocenters. The number of nitrogens with zero attached hydrogens (tertiary/aromatic N) is 1. The third-order valence-corrected chi connectivity index (χ3v) is 8.40. The van der Waals surface area contributed by atoms with E-state index in [1.807, 2.05) is 0 Å². The second-order valence-electron chi connectivity index (χ2n) is 6.48. The Bertz CT molecular complexity index is 1210. The molecule has 148 valence electrons.